The summed E-state index contributed by atoms with van der Waals surface area (Å²) in [5.74, 6) is 0.353. The zero-order valence-electron chi connectivity index (χ0n) is 11.3. The van der Waals surface area contributed by atoms with Crippen LogP contribution in [-0.4, -0.2) is 5.16 Å². The van der Waals surface area contributed by atoms with Crippen LogP contribution < -0.4 is 5.73 Å². The first-order chi connectivity index (χ1) is 9.79. The van der Waals surface area contributed by atoms with Crippen molar-refractivity contribution in [3.8, 4) is 22.4 Å². The number of anilines is 1. The molecule has 0 spiro atoms. The standard InChI is InChI=1S/C17H16N2O/c1-2-12-8-10-14(11-9-12)16-15(17(18)20-19-16)13-6-4-3-5-7-13/h3-11H,2,18H2,1H3. The third-order valence-corrected chi connectivity index (χ3v) is 3.42. The molecule has 0 bridgehead atoms. The Labute approximate surface area is 118 Å². The monoisotopic (exact) mass is 264 g/mol. The van der Waals surface area contributed by atoms with Gasteiger partial charge in [0, 0.05) is 5.56 Å². The Bertz CT molecular complexity index is 700. The smallest absolute Gasteiger partial charge is 0.230 e. The van der Waals surface area contributed by atoms with Crippen LogP contribution in [0.2, 0.25) is 0 Å². The maximum atomic E-state index is 5.94. The lowest BCUT2D eigenvalue weighted by atomic mass is 10.00. The van der Waals surface area contributed by atoms with Gasteiger partial charge in [-0.3, -0.25) is 0 Å². The van der Waals surface area contributed by atoms with E-state index in [0.717, 1.165) is 28.8 Å². The highest BCUT2D eigenvalue weighted by molar-refractivity contribution is 5.86. The van der Waals surface area contributed by atoms with E-state index in [4.69, 9.17) is 10.3 Å². The van der Waals surface area contributed by atoms with Crippen molar-refractivity contribution in [2.45, 2.75) is 13.3 Å². The van der Waals surface area contributed by atoms with Gasteiger partial charge in [0.1, 0.15) is 5.69 Å². The average molecular weight is 264 g/mol. The van der Waals surface area contributed by atoms with Gasteiger partial charge in [-0.1, -0.05) is 66.7 Å². The van der Waals surface area contributed by atoms with Crippen LogP contribution in [0.15, 0.2) is 59.1 Å². The predicted molar refractivity (Wildman–Crippen MR) is 81.2 cm³/mol. The summed E-state index contributed by atoms with van der Waals surface area (Å²) in [6.07, 6.45) is 1.02. The number of benzene rings is 2. The number of nitrogens with zero attached hydrogens (tertiary/aromatic N) is 1. The molecule has 2 N–H and O–H groups in total. The fourth-order valence-electron chi connectivity index (χ4n) is 2.28. The van der Waals surface area contributed by atoms with Gasteiger partial charge in [0.15, 0.2) is 0 Å². The summed E-state index contributed by atoms with van der Waals surface area (Å²) in [4.78, 5) is 0. The minimum atomic E-state index is 0.353. The molecule has 0 atom stereocenters. The lowest BCUT2D eigenvalue weighted by Crippen LogP contribution is -1.88. The molecule has 1 aromatic heterocycles. The second kappa shape index (κ2) is 5.21. The summed E-state index contributed by atoms with van der Waals surface area (Å²) in [7, 11) is 0. The molecule has 0 radical (unpaired) electrons. The third kappa shape index (κ3) is 2.18. The second-order valence-electron chi connectivity index (χ2n) is 4.69. The number of aromatic nitrogens is 1. The highest BCUT2D eigenvalue weighted by atomic mass is 16.5. The van der Waals surface area contributed by atoms with Crippen LogP contribution in [0.1, 0.15) is 12.5 Å². The van der Waals surface area contributed by atoms with Crippen molar-refractivity contribution in [3.63, 3.8) is 0 Å². The Morgan fingerprint density at radius 1 is 0.950 bits per heavy atom. The molecule has 1 heterocycles. The van der Waals surface area contributed by atoms with Gasteiger partial charge in [-0.15, -0.1) is 0 Å². The van der Waals surface area contributed by atoms with E-state index in [9.17, 15) is 0 Å². The number of hydrogen-bond acceptors (Lipinski definition) is 3. The lowest BCUT2D eigenvalue weighted by Gasteiger charge is -2.03. The Morgan fingerprint density at radius 3 is 2.30 bits per heavy atom. The SMILES string of the molecule is CCc1ccc(-c2noc(N)c2-c2ccccc2)cc1. The van der Waals surface area contributed by atoms with Crippen LogP contribution in [0.4, 0.5) is 5.88 Å². The molecule has 0 saturated carbocycles. The highest BCUT2D eigenvalue weighted by Crippen LogP contribution is 2.35. The topological polar surface area (TPSA) is 52.0 Å². The molecule has 20 heavy (non-hydrogen) atoms. The molecule has 0 fully saturated rings. The molecule has 0 aliphatic heterocycles. The molecular weight excluding hydrogens is 248 g/mol. The van der Waals surface area contributed by atoms with Crippen molar-refractivity contribution in [2.75, 3.05) is 5.73 Å². The maximum Gasteiger partial charge on any atom is 0.230 e. The minimum absolute atomic E-state index is 0.353. The molecule has 0 saturated heterocycles. The van der Waals surface area contributed by atoms with Crippen molar-refractivity contribution in [1.82, 2.24) is 5.16 Å². The molecule has 100 valence electrons. The van der Waals surface area contributed by atoms with E-state index in [2.05, 4.69) is 36.3 Å². The van der Waals surface area contributed by atoms with E-state index >= 15 is 0 Å². The number of nitrogens with two attached hydrogens (primary N) is 1. The minimum Gasteiger partial charge on any atom is -0.367 e. The second-order valence-corrected chi connectivity index (χ2v) is 4.69. The van der Waals surface area contributed by atoms with Crippen LogP contribution in [0.5, 0.6) is 0 Å². The Kier molecular flexibility index (Phi) is 3.25. The fourth-order valence-corrected chi connectivity index (χ4v) is 2.28. The molecule has 0 aliphatic rings. The van der Waals surface area contributed by atoms with Gasteiger partial charge in [0.05, 0.1) is 5.56 Å². The van der Waals surface area contributed by atoms with E-state index in [1.807, 2.05) is 30.3 Å². The van der Waals surface area contributed by atoms with E-state index in [1.54, 1.807) is 0 Å². The summed E-state index contributed by atoms with van der Waals surface area (Å²) in [5, 5.41) is 4.12. The summed E-state index contributed by atoms with van der Waals surface area (Å²) < 4.78 is 5.19. The zero-order valence-corrected chi connectivity index (χ0v) is 11.3. The lowest BCUT2D eigenvalue weighted by molar-refractivity contribution is 0.439. The van der Waals surface area contributed by atoms with Gasteiger partial charge < -0.3 is 10.3 Å². The predicted octanol–water partition coefficient (Wildman–Crippen LogP) is 4.15. The molecule has 0 aliphatic carbocycles. The summed E-state index contributed by atoms with van der Waals surface area (Å²) >= 11 is 0. The van der Waals surface area contributed by atoms with Crippen LogP contribution in [0, 0.1) is 0 Å². The molecule has 3 aromatic rings. The number of rotatable bonds is 3. The number of aryl methyl sites for hydroxylation is 1. The highest BCUT2D eigenvalue weighted by Gasteiger charge is 2.16. The molecule has 0 amide bonds. The first kappa shape index (κ1) is 12.5. The molecule has 3 nitrogen and oxygen atoms in total. The van der Waals surface area contributed by atoms with E-state index in [0.29, 0.717) is 5.88 Å². The molecule has 3 rings (SSSR count). The molecular formula is C17H16N2O. The van der Waals surface area contributed by atoms with Crippen molar-refractivity contribution < 1.29 is 4.52 Å². The third-order valence-electron chi connectivity index (χ3n) is 3.42. The Balaban J connectivity index is 2.11. The van der Waals surface area contributed by atoms with E-state index < -0.39 is 0 Å². The van der Waals surface area contributed by atoms with Crippen molar-refractivity contribution in [3.05, 3.63) is 60.2 Å². The van der Waals surface area contributed by atoms with E-state index in [-0.39, 0.29) is 0 Å². The van der Waals surface area contributed by atoms with Crippen molar-refractivity contribution in [2.24, 2.45) is 0 Å². The number of nitrogen functional groups attached to an aromatic ring is 1. The first-order valence-corrected chi connectivity index (χ1v) is 6.69. The Hall–Kier alpha value is -2.55. The fraction of sp³-hybridized carbons (Fsp3) is 0.118. The molecule has 0 unspecified atom stereocenters. The molecule has 2 aromatic carbocycles. The van der Waals surface area contributed by atoms with Crippen LogP contribution in [0.25, 0.3) is 22.4 Å². The summed E-state index contributed by atoms with van der Waals surface area (Å²) in [5.41, 5.74) is 10.9. The van der Waals surface area contributed by atoms with Gasteiger partial charge in [-0.2, -0.15) is 0 Å². The van der Waals surface area contributed by atoms with Crippen LogP contribution in [-0.2, 0) is 6.42 Å². The quantitative estimate of drug-likeness (QED) is 0.773. The summed E-state index contributed by atoms with van der Waals surface area (Å²) in [6.45, 7) is 2.14. The van der Waals surface area contributed by atoms with Crippen LogP contribution >= 0.6 is 0 Å². The number of hydrogen-bond donors (Lipinski definition) is 1. The van der Waals surface area contributed by atoms with Gasteiger partial charge in [0.25, 0.3) is 0 Å². The van der Waals surface area contributed by atoms with Crippen molar-refractivity contribution in [1.29, 1.82) is 0 Å². The van der Waals surface area contributed by atoms with Gasteiger partial charge in [0.2, 0.25) is 5.88 Å². The normalized spacial score (nSPS) is 10.7. The van der Waals surface area contributed by atoms with Crippen molar-refractivity contribution >= 4 is 5.88 Å². The van der Waals surface area contributed by atoms with Gasteiger partial charge in [-0.25, -0.2) is 0 Å². The average Bonchev–Trinajstić information content (AvgIpc) is 2.90. The van der Waals surface area contributed by atoms with Gasteiger partial charge >= 0.3 is 0 Å². The summed E-state index contributed by atoms with van der Waals surface area (Å²) in [6, 6.07) is 18.3. The Morgan fingerprint density at radius 2 is 1.65 bits per heavy atom. The largest absolute Gasteiger partial charge is 0.367 e. The van der Waals surface area contributed by atoms with Gasteiger partial charge in [-0.05, 0) is 17.5 Å². The van der Waals surface area contributed by atoms with E-state index in [1.165, 1.54) is 5.56 Å². The molecule has 3 heteroatoms. The zero-order chi connectivity index (χ0) is 13.9. The van der Waals surface area contributed by atoms with Crippen LogP contribution in [0.3, 0.4) is 0 Å². The maximum absolute atomic E-state index is 5.94. The first-order valence-electron chi connectivity index (χ1n) is 6.69.